The molecular formula is C15H19N5O3. The summed E-state index contributed by atoms with van der Waals surface area (Å²) >= 11 is 0. The van der Waals surface area contributed by atoms with Gasteiger partial charge in [-0.25, -0.2) is 9.59 Å². The number of hydrogen-bond donors (Lipinski definition) is 2. The van der Waals surface area contributed by atoms with Crippen molar-refractivity contribution in [2.45, 2.75) is 0 Å². The van der Waals surface area contributed by atoms with Gasteiger partial charge in [-0.1, -0.05) is 0 Å². The summed E-state index contributed by atoms with van der Waals surface area (Å²) in [6.07, 6.45) is 0. The number of hydrogen-bond acceptors (Lipinski definition) is 3. The van der Waals surface area contributed by atoms with Crippen molar-refractivity contribution in [2.75, 3.05) is 40.3 Å². The fraction of sp³-hybridized carbons (Fsp3) is 0.400. The third-order valence-electron chi connectivity index (χ3n) is 3.98. The minimum atomic E-state index is -0.291. The van der Waals surface area contributed by atoms with Crippen LogP contribution in [-0.4, -0.2) is 76.9 Å². The Morgan fingerprint density at radius 3 is 2.26 bits per heavy atom. The topological polar surface area (TPSA) is 92.5 Å². The van der Waals surface area contributed by atoms with E-state index in [2.05, 4.69) is 9.97 Å². The largest absolute Gasteiger partial charge is 0.335 e. The number of fused-ring (bicyclic) bond motifs is 1. The number of carbonyl (C=O) groups excluding carboxylic acids is 2. The number of H-pyrrole nitrogens is 2. The minimum absolute atomic E-state index is 0.0385. The van der Waals surface area contributed by atoms with Crippen LogP contribution in [0.25, 0.3) is 11.0 Å². The summed E-state index contributed by atoms with van der Waals surface area (Å²) in [5, 5.41) is 0. The molecule has 1 aliphatic heterocycles. The summed E-state index contributed by atoms with van der Waals surface area (Å²) < 4.78 is 0. The van der Waals surface area contributed by atoms with Crippen molar-refractivity contribution in [3.8, 4) is 0 Å². The molecule has 8 nitrogen and oxygen atoms in total. The van der Waals surface area contributed by atoms with Gasteiger partial charge in [0.25, 0.3) is 5.91 Å². The van der Waals surface area contributed by atoms with Crippen LogP contribution in [-0.2, 0) is 0 Å². The molecule has 1 aromatic heterocycles. The highest BCUT2D eigenvalue weighted by molar-refractivity contribution is 5.97. The van der Waals surface area contributed by atoms with Crippen LogP contribution >= 0.6 is 0 Å². The van der Waals surface area contributed by atoms with Crippen molar-refractivity contribution in [1.82, 2.24) is 24.7 Å². The van der Waals surface area contributed by atoms with Gasteiger partial charge in [0.05, 0.1) is 11.0 Å². The number of amides is 3. The molecule has 122 valence electrons. The van der Waals surface area contributed by atoms with Gasteiger partial charge in [-0.15, -0.1) is 0 Å². The molecule has 3 amide bonds. The summed E-state index contributed by atoms with van der Waals surface area (Å²) in [6.45, 7) is 2.04. The Balaban J connectivity index is 1.71. The molecule has 1 aliphatic rings. The first kappa shape index (κ1) is 15.1. The molecule has 0 radical (unpaired) electrons. The number of imidazole rings is 1. The number of nitrogens with one attached hydrogen (secondary N) is 2. The van der Waals surface area contributed by atoms with Gasteiger partial charge in [0, 0.05) is 45.8 Å². The molecule has 1 aromatic carbocycles. The molecule has 1 fully saturated rings. The lowest BCUT2D eigenvalue weighted by atomic mass is 10.1. The van der Waals surface area contributed by atoms with Crippen LogP contribution in [0, 0.1) is 0 Å². The first-order chi connectivity index (χ1) is 11.0. The molecule has 0 bridgehead atoms. The zero-order valence-electron chi connectivity index (χ0n) is 13.1. The molecule has 0 unspecified atom stereocenters. The number of aromatic amines is 2. The van der Waals surface area contributed by atoms with Crippen molar-refractivity contribution in [3.05, 3.63) is 34.2 Å². The SMILES string of the molecule is CN(C)C(=O)N1CCN(C(=O)c2ccc3[nH]c(=O)[nH]c3c2)CC1. The molecule has 0 saturated carbocycles. The van der Waals surface area contributed by atoms with Gasteiger partial charge < -0.3 is 24.7 Å². The van der Waals surface area contributed by atoms with E-state index < -0.39 is 0 Å². The number of benzene rings is 1. The maximum atomic E-state index is 12.6. The Morgan fingerprint density at radius 2 is 1.61 bits per heavy atom. The zero-order chi connectivity index (χ0) is 16.6. The molecule has 0 atom stereocenters. The lowest BCUT2D eigenvalue weighted by Gasteiger charge is -2.36. The predicted octanol–water partition coefficient (Wildman–Crippen LogP) is 0.296. The quantitative estimate of drug-likeness (QED) is 0.792. The van der Waals surface area contributed by atoms with Gasteiger partial charge in [0.1, 0.15) is 0 Å². The van der Waals surface area contributed by atoms with Gasteiger partial charge in [0.15, 0.2) is 0 Å². The monoisotopic (exact) mass is 317 g/mol. The summed E-state index contributed by atoms with van der Waals surface area (Å²) in [4.78, 5) is 46.0. The maximum Gasteiger partial charge on any atom is 0.323 e. The second-order valence-electron chi connectivity index (χ2n) is 5.80. The molecule has 3 rings (SSSR count). The van der Waals surface area contributed by atoms with E-state index >= 15 is 0 Å². The lowest BCUT2D eigenvalue weighted by molar-refractivity contribution is 0.0650. The van der Waals surface area contributed by atoms with Gasteiger partial charge >= 0.3 is 11.7 Å². The molecular weight excluding hydrogens is 298 g/mol. The number of urea groups is 1. The van der Waals surface area contributed by atoms with Crippen LogP contribution < -0.4 is 5.69 Å². The number of piperazine rings is 1. The third kappa shape index (κ3) is 2.92. The molecule has 0 aliphatic carbocycles. The highest BCUT2D eigenvalue weighted by Crippen LogP contribution is 2.14. The molecule has 2 N–H and O–H groups in total. The van der Waals surface area contributed by atoms with Crippen LogP contribution in [0.15, 0.2) is 23.0 Å². The van der Waals surface area contributed by atoms with Crippen molar-refractivity contribution in [2.24, 2.45) is 0 Å². The number of rotatable bonds is 1. The standard InChI is InChI=1S/C15H19N5O3/c1-18(2)15(23)20-7-5-19(6-8-20)13(21)10-3-4-11-12(9-10)17-14(22)16-11/h3-4,9H,5-8H2,1-2H3,(H2,16,17,22). The normalized spacial score (nSPS) is 15.0. The van der Waals surface area contributed by atoms with Crippen molar-refractivity contribution >= 4 is 23.0 Å². The number of aromatic nitrogens is 2. The zero-order valence-corrected chi connectivity index (χ0v) is 13.1. The minimum Gasteiger partial charge on any atom is -0.335 e. The summed E-state index contributed by atoms with van der Waals surface area (Å²) in [5.41, 5.74) is 1.52. The summed E-state index contributed by atoms with van der Waals surface area (Å²) in [5.74, 6) is -0.0918. The van der Waals surface area contributed by atoms with Crippen LogP contribution in [0.2, 0.25) is 0 Å². The number of nitrogens with zero attached hydrogens (tertiary/aromatic N) is 3. The Kier molecular flexibility index (Phi) is 3.81. The van der Waals surface area contributed by atoms with E-state index in [1.54, 1.807) is 42.1 Å². The molecule has 0 spiro atoms. The molecule has 1 saturated heterocycles. The fourth-order valence-electron chi connectivity index (χ4n) is 2.73. The average molecular weight is 317 g/mol. The van der Waals surface area contributed by atoms with Gasteiger partial charge in [-0.3, -0.25) is 4.79 Å². The number of carbonyl (C=O) groups is 2. The third-order valence-corrected chi connectivity index (χ3v) is 3.98. The fourth-order valence-corrected chi connectivity index (χ4v) is 2.73. The van der Waals surface area contributed by atoms with E-state index in [4.69, 9.17) is 0 Å². The van der Waals surface area contributed by atoms with E-state index in [1.807, 2.05) is 0 Å². The first-order valence-corrected chi connectivity index (χ1v) is 7.43. The molecule has 2 heterocycles. The van der Waals surface area contributed by atoms with Crippen LogP contribution in [0.5, 0.6) is 0 Å². The maximum absolute atomic E-state index is 12.6. The Morgan fingerprint density at radius 1 is 1.00 bits per heavy atom. The second kappa shape index (κ2) is 5.79. The van der Waals surface area contributed by atoms with E-state index in [0.717, 1.165) is 0 Å². The van der Waals surface area contributed by atoms with E-state index in [9.17, 15) is 14.4 Å². The lowest BCUT2D eigenvalue weighted by Crippen LogP contribution is -2.52. The average Bonchev–Trinajstić information content (AvgIpc) is 2.92. The van der Waals surface area contributed by atoms with Gasteiger partial charge in [-0.05, 0) is 18.2 Å². The predicted molar refractivity (Wildman–Crippen MR) is 85.5 cm³/mol. The molecule has 8 heteroatoms. The van der Waals surface area contributed by atoms with Crippen molar-refractivity contribution in [3.63, 3.8) is 0 Å². The van der Waals surface area contributed by atoms with Crippen LogP contribution in [0.3, 0.4) is 0 Å². The van der Waals surface area contributed by atoms with Crippen LogP contribution in [0.1, 0.15) is 10.4 Å². The van der Waals surface area contributed by atoms with Crippen molar-refractivity contribution in [1.29, 1.82) is 0 Å². The van der Waals surface area contributed by atoms with E-state index in [0.29, 0.717) is 42.8 Å². The summed E-state index contributed by atoms with van der Waals surface area (Å²) in [6, 6.07) is 5.05. The van der Waals surface area contributed by atoms with Gasteiger partial charge in [-0.2, -0.15) is 0 Å². The summed E-state index contributed by atoms with van der Waals surface area (Å²) in [7, 11) is 3.43. The first-order valence-electron chi connectivity index (χ1n) is 7.43. The van der Waals surface area contributed by atoms with Gasteiger partial charge in [0.2, 0.25) is 0 Å². The smallest absolute Gasteiger partial charge is 0.323 e. The Hall–Kier alpha value is -2.77. The van der Waals surface area contributed by atoms with E-state index in [1.165, 1.54) is 4.90 Å². The highest BCUT2D eigenvalue weighted by atomic mass is 16.2. The Labute approximate surface area is 132 Å². The van der Waals surface area contributed by atoms with Crippen LogP contribution in [0.4, 0.5) is 4.79 Å². The molecule has 23 heavy (non-hydrogen) atoms. The van der Waals surface area contributed by atoms with Crippen molar-refractivity contribution < 1.29 is 9.59 Å². The Bertz CT molecular complexity index is 799. The second-order valence-corrected chi connectivity index (χ2v) is 5.80. The highest BCUT2D eigenvalue weighted by Gasteiger charge is 2.25. The van der Waals surface area contributed by atoms with E-state index in [-0.39, 0.29) is 17.6 Å². The molecule has 2 aromatic rings.